The number of rotatable bonds is 6. The third kappa shape index (κ3) is 4.82. The molecule has 0 spiro atoms. The van der Waals surface area contributed by atoms with Gasteiger partial charge in [0.25, 0.3) is 0 Å². The summed E-state index contributed by atoms with van der Waals surface area (Å²) in [6, 6.07) is 56.2. The number of nitrogens with zero attached hydrogens (tertiary/aromatic N) is 2. The standard InChI is InChI=1S/C36H26N2P2/c1-5-13-29(14-6-1)39(30-15-7-2-8-16-30)33-25-23-27-21-22-28-24-26-34(38-36(28)35(27)37-33)40(31-17-9-3-10-18-31)32-19-11-4-12-20-32/h1-26H. The topological polar surface area (TPSA) is 25.8 Å². The maximum absolute atomic E-state index is 5.38. The Kier molecular flexibility index (Phi) is 6.88. The first kappa shape index (κ1) is 24.8. The molecule has 2 nitrogen and oxygen atoms in total. The molecule has 190 valence electrons. The molecule has 40 heavy (non-hydrogen) atoms. The molecule has 0 saturated heterocycles. The summed E-state index contributed by atoms with van der Waals surface area (Å²) >= 11 is 0. The number of fused-ring (bicyclic) bond motifs is 3. The maximum Gasteiger partial charge on any atom is 0.0972 e. The minimum Gasteiger partial charge on any atom is -0.245 e. The van der Waals surface area contributed by atoms with Crippen LogP contribution >= 0.6 is 15.8 Å². The predicted octanol–water partition coefficient (Wildman–Crippen LogP) is 6.30. The van der Waals surface area contributed by atoms with Crippen LogP contribution in [0.25, 0.3) is 21.8 Å². The first-order valence-electron chi connectivity index (χ1n) is 13.4. The lowest BCUT2D eigenvalue weighted by molar-refractivity contribution is 1.44. The van der Waals surface area contributed by atoms with Crippen LogP contribution in [0.15, 0.2) is 158 Å². The van der Waals surface area contributed by atoms with Gasteiger partial charge in [-0.1, -0.05) is 146 Å². The molecule has 0 bridgehead atoms. The van der Waals surface area contributed by atoms with E-state index in [0.717, 1.165) is 32.7 Å². The van der Waals surface area contributed by atoms with Gasteiger partial charge in [-0.25, -0.2) is 9.97 Å². The molecule has 0 atom stereocenters. The lowest BCUT2D eigenvalue weighted by Crippen LogP contribution is -2.23. The Labute approximate surface area is 236 Å². The van der Waals surface area contributed by atoms with Crippen molar-refractivity contribution in [3.63, 3.8) is 0 Å². The van der Waals surface area contributed by atoms with Crippen LogP contribution in [0.3, 0.4) is 0 Å². The van der Waals surface area contributed by atoms with Gasteiger partial charge in [0, 0.05) is 26.6 Å². The van der Waals surface area contributed by atoms with E-state index in [1.54, 1.807) is 0 Å². The molecule has 0 aliphatic rings. The highest BCUT2D eigenvalue weighted by molar-refractivity contribution is 7.80. The predicted molar refractivity (Wildman–Crippen MR) is 174 cm³/mol. The number of benzene rings is 5. The Bertz CT molecular complexity index is 1670. The van der Waals surface area contributed by atoms with E-state index in [0.29, 0.717) is 0 Å². The third-order valence-corrected chi connectivity index (χ3v) is 11.7. The Morgan fingerprint density at radius 2 is 0.575 bits per heavy atom. The first-order chi connectivity index (χ1) is 19.8. The molecule has 0 aliphatic carbocycles. The van der Waals surface area contributed by atoms with Crippen LogP contribution in [0.4, 0.5) is 0 Å². The molecule has 0 N–H and O–H groups in total. The molecule has 0 saturated carbocycles. The second kappa shape index (κ2) is 11.1. The van der Waals surface area contributed by atoms with E-state index in [2.05, 4.69) is 158 Å². The van der Waals surface area contributed by atoms with Crippen LogP contribution in [-0.4, -0.2) is 9.97 Å². The fourth-order valence-corrected chi connectivity index (χ4v) is 9.51. The van der Waals surface area contributed by atoms with Crippen molar-refractivity contribution in [3.8, 4) is 0 Å². The van der Waals surface area contributed by atoms with Gasteiger partial charge in [-0.2, -0.15) is 0 Å². The van der Waals surface area contributed by atoms with Crippen molar-refractivity contribution in [2.24, 2.45) is 0 Å². The second-order valence-corrected chi connectivity index (χ2v) is 13.9. The molecule has 0 aliphatic heterocycles. The molecule has 7 aromatic rings. The zero-order valence-electron chi connectivity index (χ0n) is 21.8. The zero-order chi connectivity index (χ0) is 26.7. The maximum atomic E-state index is 5.38. The number of hydrogen-bond acceptors (Lipinski definition) is 2. The average Bonchev–Trinajstić information content (AvgIpc) is 3.03. The van der Waals surface area contributed by atoms with Crippen LogP contribution in [-0.2, 0) is 0 Å². The van der Waals surface area contributed by atoms with Gasteiger partial charge in [0.1, 0.15) is 0 Å². The minimum atomic E-state index is -0.802. The van der Waals surface area contributed by atoms with E-state index >= 15 is 0 Å². The summed E-state index contributed by atoms with van der Waals surface area (Å²) in [5.41, 5.74) is 4.11. The largest absolute Gasteiger partial charge is 0.245 e. The van der Waals surface area contributed by atoms with Crippen molar-refractivity contribution in [1.82, 2.24) is 9.97 Å². The summed E-state index contributed by atoms with van der Waals surface area (Å²) in [7, 11) is -1.60. The highest BCUT2D eigenvalue weighted by Gasteiger charge is 2.21. The molecular weight excluding hydrogens is 522 g/mol. The lowest BCUT2D eigenvalue weighted by atomic mass is 10.1. The van der Waals surface area contributed by atoms with Gasteiger partial charge < -0.3 is 0 Å². The smallest absolute Gasteiger partial charge is 0.0972 e. The Morgan fingerprint density at radius 1 is 0.300 bits per heavy atom. The SMILES string of the molecule is c1ccc(P(c2ccccc2)c2ccc3ccc4ccc(P(c5ccccc5)c5ccccc5)nc4c3n2)cc1. The van der Waals surface area contributed by atoms with Crippen LogP contribution in [0, 0.1) is 0 Å². The zero-order valence-corrected chi connectivity index (χ0v) is 23.6. The molecule has 7 rings (SSSR count). The van der Waals surface area contributed by atoms with Crippen LogP contribution < -0.4 is 32.1 Å². The summed E-state index contributed by atoms with van der Waals surface area (Å²) < 4.78 is 0. The molecule has 0 amide bonds. The van der Waals surface area contributed by atoms with E-state index < -0.39 is 15.8 Å². The van der Waals surface area contributed by atoms with Gasteiger partial charge in [0.15, 0.2) is 0 Å². The molecule has 0 unspecified atom stereocenters. The molecule has 4 heteroatoms. The average molecular weight is 549 g/mol. The number of pyridine rings is 2. The fraction of sp³-hybridized carbons (Fsp3) is 0. The van der Waals surface area contributed by atoms with Crippen molar-refractivity contribution < 1.29 is 0 Å². The van der Waals surface area contributed by atoms with E-state index in [1.807, 2.05) is 0 Å². The van der Waals surface area contributed by atoms with Gasteiger partial charge >= 0.3 is 0 Å². The Balaban J connectivity index is 1.43. The van der Waals surface area contributed by atoms with Crippen molar-refractivity contribution in [1.29, 1.82) is 0 Å². The van der Waals surface area contributed by atoms with E-state index in [4.69, 9.17) is 9.97 Å². The highest BCUT2D eigenvalue weighted by Crippen LogP contribution is 2.35. The van der Waals surface area contributed by atoms with E-state index in [9.17, 15) is 0 Å². The van der Waals surface area contributed by atoms with Gasteiger partial charge in [0.05, 0.1) is 21.9 Å². The Hall–Kier alpha value is -4.22. The molecule has 0 radical (unpaired) electrons. The van der Waals surface area contributed by atoms with Crippen molar-refractivity contribution >= 4 is 69.7 Å². The van der Waals surface area contributed by atoms with E-state index in [1.165, 1.54) is 21.2 Å². The highest BCUT2D eigenvalue weighted by atomic mass is 31.1. The first-order valence-corrected chi connectivity index (χ1v) is 16.0. The molecule has 5 aromatic carbocycles. The third-order valence-electron chi connectivity index (χ3n) is 7.01. The van der Waals surface area contributed by atoms with Crippen LogP contribution in [0.5, 0.6) is 0 Å². The summed E-state index contributed by atoms with van der Waals surface area (Å²) in [5.74, 6) is 0. The van der Waals surface area contributed by atoms with Crippen molar-refractivity contribution in [2.45, 2.75) is 0 Å². The van der Waals surface area contributed by atoms with Crippen LogP contribution in [0.2, 0.25) is 0 Å². The van der Waals surface area contributed by atoms with Gasteiger partial charge in [0.2, 0.25) is 0 Å². The number of hydrogen-bond donors (Lipinski definition) is 0. The van der Waals surface area contributed by atoms with Crippen LogP contribution in [0.1, 0.15) is 0 Å². The van der Waals surface area contributed by atoms with E-state index in [-0.39, 0.29) is 0 Å². The molecular formula is C36H26N2P2. The monoisotopic (exact) mass is 548 g/mol. The summed E-state index contributed by atoms with van der Waals surface area (Å²) in [4.78, 5) is 10.8. The normalized spacial score (nSPS) is 11.4. The lowest BCUT2D eigenvalue weighted by Gasteiger charge is -2.20. The van der Waals surface area contributed by atoms with Crippen molar-refractivity contribution in [3.05, 3.63) is 158 Å². The number of aromatic nitrogens is 2. The quantitative estimate of drug-likeness (QED) is 0.180. The van der Waals surface area contributed by atoms with Crippen molar-refractivity contribution in [2.75, 3.05) is 0 Å². The summed E-state index contributed by atoms with van der Waals surface area (Å²) in [6.07, 6.45) is 0. The molecule has 2 aromatic heterocycles. The van der Waals surface area contributed by atoms with Gasteiger partial charge in [-0.3, -0.25) is 0 Å². The summed E-state index contributed by atoms with van der Waals surface area (Å²) in [6.45, 7) is 0. The molecule has 2 heterocycles. The van der Waals surface area contributed by atoms with Gasteiger partial charge in [-0.15, -0.1) is 0 Å². The fourth-order valence-electron chi connectivity index (χ4n) is 5.13. The van der Waals surface area contributed by atoms with Gasteiger partial charge in [-0.05, 0) is 33.4 Å². The Morgan fingerprint density at radius 3 is 0.875 bits per heavy atom. The molecule has 0 fully saturated rings. The summed E-state index contributed by atoms with van der Waals surface area (Å²) in [5, 5.41) is 7.39. The second-order valence-electron chi connectivity index (χ2n) is 9.56. The minimum absolute atomic E-state index is 0.802.